The van der Waals surface area contributed by atoms with Crippen LogP contribution in [0.2, 0.25) is 0 Å². The molecule has 0 radical (unpaired) electrons. The lowest BCUT2D eigenvalue weighted by atomic mass is 10.1. The van der Waals surface area contributed by atoms with Gasteiger partial charge in [0.2, 0.25) is 5.91 Å². The Morgan fingerprint density at radius 3 is 2.62 bits per heavy atom. The number of carbonyl (C=O) groups excluding carboxylic acids is 1. The van der Waals surface area contributed by atoms with Gasteiger partial charge >= 0.3 is 5.97 Å². The molecule has 0 aliphatic heterocycles. The number of carbonyl (C=O) groups is 2. The van der Waals surface area contributed by atoms with E-state index in [0.29, 0.717) is 11.3 Å². The zero-order chi connectivity index (χ0) is 12.1. The van der Waals surface area contributed by atoms with E-state index in [9.17, 15) is 9.59 Å². The fourth-order valence-electron chi connectivity index (χ4n) is 1.24. The molecule has 0 aromatic heterocycles. The number of benzene rings is 1. The van der Waals surface area contributed by atoms with Crippen molar-refractivity contribution in [3.8, 4) is 0 Å². The zero-order valence-corrected chi connectivity index (χ0v) is 9.54. The van der Waals surface area contributed by atoms with Crippen LogP contribution in [0, 0.1) is 6.92 Å². The molecule has 2 N–H and O–H groups in total. The maximum atomic E-state index is 11.3. The number of amides is 1. The van der Waals surface area contributed by atoms with Crippen LogP contribution < -0.4 is 5.32 Å². The first kappa shape index (κ1) is 12.5. The Bertz CT molecular complexity index is 418. The molecule has 16 heavy (non-hydrogen) atoms. The quantitative estimate of drug-likeness (QED) is 0.795. The van der Waals surface area contributed by atoms with Crippen LogP contribution in [-0.2, 0) is 4.79 Å². The average molecular weight is 242 g/mol. The van der Waals surface area contributed by atoms with E-state index in [1.54, 1.807) is 13.0 Å². The van der Waals surface area contributed by atoms with Gasteiger partial charge in [-0.05, 0) is 30.7 Å². The first-order valence-corrected chi connectivity index (χ1v) is 5.28. The molecule has 0 atom stereocenters. The van der Waals surface area contributed by atoms with E-state index >= 15 is 0 Å². The third-order valence-corrected chi connectivity index (χ3v) is 2.26. The Kier molecular flexibility index (Phi) is 4.31. The summed E-state index contributed by atoms with van der Waals surface area (Å²) < 4.78 is 0. The summed E-state index contributed by atoms with van der Waals surface area (Å²) in [6.07, 6.45) is 0.238. The topological polar surface area (TPSA) is 66.4 Å². The molecule has 0 bridgehead atoms. The van der Waals surface area contributed by atoms with E-state index in [2.05, 4.69) is 5.32 Å². The van der Waals surface area contributed by atoms with E-state index in [-0.39, 0.29) is 23.8 Å². The van der Waals surface area contributed by atoms with Crippen LogP contribution in [0.1, 0.15) is 22.3 Å². The summed E-state index contributed by atoms with van der Waals surface area (Å²) in [4.78, 5) is 22.0. The normalized spacial score (nSPS) is 9.88. The van der Waals surface area contributed by atoms with Crippen molar-refractivity contribution in [1.29, 1.82) is 0 Å². The highest BCUT2D eigenvalue weighted by molar-refractivity contribution is 6.19. The number of aryl methyl sites for hydroxylation is 1. The molecule has 0 aliphatic rings. The van der Waals surface area contributed by atoms with Gasteiger partial charge in [0.05, 0.1) is 5.56 Å². The maximum absolute atomic E-state index is 11.3. The largest absolute Gasteiger partial charge is 0.478 e. The van der Waals surface area contributed by atoms with Crippen LogP contribution in [0.4, 0.5) is 5.69 Å². The smallest absolute Gasteiger partial charge is 0.335 e. The van der Waals surface area contributed by atoms with Crippen molar-refractivity contribution in [2.75, 3.05) is 11.2 Å². The molecule has 0 unspecified atom stereocenters. The Morgan fingerprint density at radius 2 is 2.12 bits per heavy atom. The second-order valence-electron chi connectivity index (χ2n) is 3.32. The molecule has 0 heterocycles. The van der Waals surface area contributed by atoms with Crippen molar-refractivity contribution in [2.24, 2.45) is 0 Å². The van der Waals surface area contributed by atoms with Crippen LogP contribution >= 0.6 is 11.6 Å². The van der Waals surface area contributed by atoms with Crippen molar-refractivity contribution < 1.29 is 14.7 Å². The number of hydrogen-bond acceptors (Lipinski definition) is 2. The number of aromatic carboxylic acids is 1. The van der Waals surface area contributed by atoms with Gasteiger partial charge in [0.25, 0.3) is 0 Å². The molecule has 1 amide bonds. The lowest BCUT2D eigenvalue weighted by Gasteiger charge is -2.08. The van der Waals surface area contributed by atoms with Gasteiger partial charge in [-0.3, -0.25) is 4.79 Å². The number of carboxylic acid groups (broad SMARTS) is 1. The van der Waals surface area contributed by atoms with Gasteiger partial charge in [-0.15, -0.1) is 11.6 Å². The molecule has 1 aromatic rings. The molecule has 5 heteroatoms. The summed E-state index contributed by atoms with van der Waals surface area (Å²) in [5.41, 5.74) is 1.52. The number of hydrogen-bond donors (Lipinski definition) is 2. The third-order valence-electron chi connectivity index (χ3n) is 2.07. The molecule has 0 fully saturated rings. The van der Waals surface area contributed by atoms with Gasteiger partial charge in [-0.25, -0.2) is 4.79 Å². The summed E-state index contributed by atoms with van der Waals surface area (Å²) in [6.45, 7) is 1.74. The minimum absolute atomic E-state index is 0.179. The summed E-state index contributed by atoms with van der Waals surface area (Å²) in [6, 6.07) is 4.54. The highest BCUT2D eigenvalue weighted by atomic mass is 35.5. The highest BCUT2D eigenvalue weighted by Crippen LogP contribution is 2.16. The predicted molar refractivity (Wildman–Crippen MR) is 62.1 cm³/mol. The van der Waals surface area contributed by atoms with Crippen LogP contribution in [0.5, 0.6) is 0 Å². The number of rotatable bonds is 4. The van der Waals surface area contributed by atoms with E-state index in [4.69, 9.17) is 16.7 Å². The second kappa shape index (κ2) is 5.51. The van der Waals surface area contributed by atoms with Crippen molar-refractivity contribution in [3.05, 3.63) is 29.3 Å². The van der Waals surface area contributed by atoms with Crippen LogP contribution in [-0.4, -0.2) is 22.9 Å². The standard InChI is InChI=1S/C11H12ClNO3/c1-7-6-8(11(15)16)2-3-9(7)13-10(14)4-5-12/h2-3,6H,4-5H2,1H3,(H,13,14)(H,15,16). The molecular formula is C11H12ClNO3. The fourth-order valence-corrected chi connectivity index (χ4v) is 1.41. The van der Waals surface area contributed by atoms with E-state index in [0.717, 1.165) is 0 Å². The lowest BCUT2D eigenvalue weighted by molar-refractivity contribution is -0.115. The molecule has 0 saturated carbocycles. The fraction of sp³-hybridized carbons (Fsp3) is 0.273. The number of nitrogens with one attached hydrogen (secondary N) is 1. The van der Waals surface area contributed by atoms with Gasteiger partial charge in [0.1, 0.15) is 0 Å². The zero-order valence-electron chi connectivity index (χ0n) is 8.79. The number of anilines is 1. The first-order chi connectivity index (χ1) is 7.54. The summed E-state index contributed by atoms with van der Waals surface area (Å²) in [5, 5.41) is 11.4. The third kappa shape index (κ3) is 3.24. The molecule has 1 aromatic carbocycles. The second-order valence-corrected chi connectivity index (χ2v) is 3.70. The molecule has 1 rings (SSSR count). The molecule has 0 aliphatic carbocycles. The van der Waals surface area contributed by atoms with Crippen LogP contribution in [0.3, 0.4) is 0 Å². The number of halogens is 1. The Morgan fingerprint density at radius 1 is 1.44 bits per heavy atom. The van der Waals surface area contributed by atoms with Crippen molar-refractivity contribution >= 4 is 29.2 Å². The maximum Gasteiger partial charge on any atom is 0.335 e. The molecular weight excluding hydrogens is 230 g/mol. The van der Waals surface area contributed by atoms with E-state index in [1.165, 1.54) is 12.1 Å². The van der Waals surface area contributed by atoms with Crippen molar-refractivity contribution in [1.82, 2.24) is 0 Å². The van der Waals surface area contributed by atoms with Gasteiger partial charge in [0, 0.05) is 18.0 Å². The van der Waals surface area contributed by atoms with Crippen molar-refractivity contribution in [2.45, 2.75) is 13.3 Å². The van der Waals surface area contributed by atoms with Crippen LogP contribution in [0.25, 0.3) is 0 Å². The average Bonchev–Trinajstić information content (AvgIpc) is 2.21. The Balaban J connectivity index is 2.83. The molecule has 0 saturated heterocycles. The summed E-state index contributed by atoms with van der Waals surface area (Å²) in [7, 11) is 0. The minimum Gasteiger partial charge on any atom is -0.478 e. The van der Waals surface area contributed by atoms with E-state index in [1.807, 2.05) is 0 Å². The number of alkyl halides is 1. The van der Waals surface area contributed by atoms with Crippen molar-refractivity contribution in [3.63, 3.8) is 0 Å². The minimum atomic E-state index is -0.985. The summed E-state index contributed by atoms with van der Waals surface area (Å²) >= 11 is 5.43. The van der Waals surface area contributed by atoms with Gasteiger partial charge in [-0.1, -0.05) is 0 Å². The monoisotopic (exact) mass is 241 g/mol. The highest BCUT2D eigenvalue weighted by Gasteiger charge is 2.07. The van der Waals surface area contributed by atoms with Gasteiger partial charge in [0.15, 0.2) is 0 Å². The molecule has 86 valence electrons. The lowest BCUT2D eigenvalue weighted by Crippen LogP contribution is -2.13. The molecule has 4 nitrogen and oxygen atoms in total. The summed E-state index contributed by atoms with van der Waals surface area (Å²) in [5.74, 6) is -0.902. The van der Waals surface area contributed by atoms with Crippen LogP contribution in [0.15, 0.2) is 18.2 Å². The first-order valence-electron chi connectivity index (χ1n) is 4.74. The molecule has 0 spiro atoms. The Hall–Kier alpha value is -1.55. The Labute approximate surface area is 98.2 Å². The van der Waals surface area contributed by atoms with Gasteiger partial charge < -0.3 is 10.4 Å². The predicted octanol–water partition coefficient (Wildman–Crippen LogP) is 2.26. The van der Waals surface area contributed by atoms with Gasteiger partial charge in [-0.2, -0.15) is 0 Å². The SMILES string of the molecule is Cc1cc(C(=O)O)ccc1NC(=O)CCCl. The van der Waals surface area contributed by atoms with E-state index < -0.39 is 5.97 Å². The number of carboxylic acids is 1.